The molecule has 0 atom stereocenters. The van der Waals surface area contributed by atoms with Crippen LogP contribution in [0.5, 0.6) is 0 Å². The fraction of sp³-hybridized carbons (Fsp3) is 0.159. The monoisotopic (exact) mass is 1320 g/mol. The topological polar surface area (TPSA) is 355 Å². The SMILES string of the molecule is C.Nc1ccc(N=Nc2ccccc2)c(N)n1.Nc1nc(NC(=O)OCC(Cl)(Cl)Cl)ccc1N=Nc1ccccc1.O=C(Nc1ccc(N=Nc2ccccc2)c(NC(=O)OCC(Cl)(Cl)Cl)n1)OCC(Cl)(Cl)Cl.O=CO[O-].[H-].[K+].[K+]. The fourth-order valence-corrected chi connectivity index (χ4v) is 5.05. The molecule has 24 nitrogen and oxygen atoms in total. The zero-order valence-electron chi connectivity index (χ0n) is 41.2. The third-order valence-electron chi connectivity index (χ3n) is 7.61. The van der Waals surface area contributed by atoms with Crippen molar-refractivity contribution in [2.24, 2.45) is 30.7 Å². The van der Waals surface area contributed by atoms with Gasteiger partial charge in [-0.15, -0.1) is 15.3 Å². The van der Waals surface area contributed by atoms with Crippen LogP contribution < -0.4 is 141 Å². The molecule has 412 valence electrons. The average Bonchev–Trinajstić information content (AvgIpc) is 3.37. The maximum atomic E-state index is 12.1. The minimum Gasteiger partial charge on any atom is -1.00 e. The van der Waals surface area contributed by atoms with Crippen LogP contribution in [0, 0.1) is 0 Å². The van der Waals surface area contributed by atoms with Gasteiger partial charge in [0.25, 0.3) is 6.47 Å². The van der Waals surface area contributed by atoms with E-state index in [2.05, 4.69) is 66.5 Å². The Bertz CT molecular complexity index is 2910. The van der Waals surface area contributed by atoms with Crippen LogP contribution in [0.15, 0.2) is 158 Å². The van der Waals surface area contributed by atoms with Gasteiger partial charge in [-0.2, -0.15) is 15.3 Å². The van der Waals surface area contributed by atoms with Gasteiger partial charge in [0.1, 0.15) is 54.3 Å². The third kappa shape index (κ3) is 35.1. The van der Waals surface area contributed by atoms with Crippen LogP contribution in [0.2, 0.25) is 0 Å². The zero-order valence-corrected chi connectivity index (χ0v) is 53.2. The van der Waals surface area contributed by atoms with Crippen LogP contribution in [0.4, 0.5) is 83.4 Å². The van der Waals surface area contributed by atoms with Crippen LogP contribution in [0.1, 0.15) is 8.85 Å². The maximum absolute atomic E-state index is 12.1. The van der Waals surface area contributed by atoms with E-state index < -0.39 is 49.5 Å². The normalized spacial score (nSPS) is 10.7. The number of halogens is 9. The van der Waals surface area contributed by atoms with Crippen molar-refractivity contribution in [2.45, 2.75) is 18.8 Å². The molecule has 6 rings (SSSR count). The Labute approximate surface area is 582 Å². The number of carbonyl (C=O) groups excluding carboxylic acids is 4. The fourth-order valence-electron chi connectivity index (χ4n) is 4.56. The predicted molar refractivity (Wildman–Crippen MR) is 299 cm³/mol. The summed E-state index contributed by atoms with van der Waals surface area (Å²) in [7, 11) is 0. The molecule has 6 aromatic rings. The molecule has 0 unspecified atom stereocenters. The molecular weight excluding hydrogens is 1280 g/mol. The van der Waals surface area contributed by atoms with Gasteiger partial charge in [0.05, 0.1) is 17.1 Å². The largest absolute Gasteiger partial charge is 1.00 e. The van der Waals surface area contributed by atoms with Gasteiger partial charge in [0, 0.05) is 0 Å². The molecular formula is C44H42Cl9K2N15O9. The molecule has 0 bridgehead atoms. The number of azo groups is 3. The molecule has 0 aliphatic heterocycles. The number of pyridine rings is 3. The summed E-state index contributed by atoms with van der Waals surface area (Å²) in [6, 6.07) is 36.5. The number of anilines is 6. The molecule has 0 radical (unpaired) electrons. The summed E-state index contributed by atoms with van der Waals surface area (Å²) >= 11 is 49.7. The van der Waals surface area contributed by atoms with E-state index in [9.17, 15) is 14.4 Å². The van der Waals surface area contributed by atoms with Gasteiger partial charge in [0.2, 0.25) is 11.4 Å². The molecule has 0 saturated heterocycles. The van der Waals surface area contributed by atoms with Gasteiger partial charge in [-0.05, 0) is 72.8 Å². The summed E-state index contributed by atoms with van der Waals surface area (Å²) in [6.45, 7) is -1.60. The minimum absolute atomic E-state index is 0. The molecule has 0 saturated carbocycles. The van der Waals surface area contributed by atoms with Gasteiger partial charge in [0.15, 0.2) is 17.5 Å². The third-order valence-corrected chi connectivity index (χ3v) is 8.59. The summed E-state index contributed by atoms with van der Waals surface area (Å²) in [6.07, 6.45) is -2.77. The molecule has 0 fully saturated rings. The number of nitrogens with two attached hydrogens (primary N) is 3. The van der Waals surface area contributed by atoms with Crippen molar-refractivity contribution in [3.8, 4) is 0 Å². The van der Waals surface area contributed by atoms with E-state index in [4.69, 9.17) is 146 Å². The van der Waals surface area contributed by atoms with Crippen molar-refractivity contribution in [3.63, 3.8) is 0 Å². The van der Waals surface area contributed by atoms with E-state index in [1.165, 1.54) is 18.2 Å². The number of ether oxygens (including phenoxy) is 3. The van der Waals surface area contributed by atoms with Crippen molar-refractivity contribution >= 4 is 198 Å². The van der Waals surface area contributed by atoms with Crippen molar-refractivity contribution in [3.05, 3.63) is 127 Å². The first-order chi connectivity index (χ1) is 35.9. The Morgan fingerprint density at radius 1 is 0.494 bits per heavy atom. The number of nitrogens with one attached hydrogen (secondary N) is 3. The van der Waals surface area contributed by atoms with Crippen LogP contribution in [0.3, 0.4) is 0 Å². The second-order valence-corrected chi connectivity index (χ2v) is 21.1. The van der Waals surface area contributed by atoms with Crippen LogP contribution in [-0.4, -0.2) is 70.9 Å². The Kier molecular flexibility index (Phi) is 38.0. The van der Waals surface area contributed by atoms with E-state index in [0.717, 1.165) is 5.69 Å². The molecule has 3 amide bonds. The van der Waals surface area contributed by atoms with E-state index in [0.29, 0.717) is 28.6 Å². The number of rotatable bonds is 13. The molecule has 0 aliphatic carbocycles. The number of hydrogen-bond donors (Lipinski definition) is 6. The Hall–Kier alpha value is -3.57. The average molecular weight is 1320 g/mol. The number of hydrogen-bond acceptors (Lipinski definition) is 21. The molecule has 9 N–H and O–H groups in total. The van der Waals surface area contributed by atoms with Gasteiger partial charge in [-0.25, -0.2) is 29.3 Å². The minimum atomic E-state index is -1.81. The number of amides is 3. The van der Waals surface area contributed by atoms with Gasteiger partial charge < -0.3 is 43.0 Å². The molecule has 3 heterocycles. The Morgan fingerprint density at radius 3 is 1.15 bits per heavy atom. The number of nitrogens with zero attached hydrogens (tertiary/aromatic N) is 9. The Morgan fingerprint density at radius 2 is 0.810 bits per heavy atom. The van der Waals surface area contributed by atoms with E-state index in [1.54, 1.807) is 54.6 Å². The first kappa shape index (κ1) is 75.4. The van der Waals surface area contributed by atoms with E-state index in [-0.39, 0.29) is 153 Å². The number of alkyl halides is 9. The summed E-state index contributed by atoms with van der Waals surface area (Å²) in [5, 5.41) is 39.6. The molecule has 79 heavy (non-hydrogen) atoms. The first-order valence-electron chi connectivity index (χ1n) is 20.4. The van der Waals surface area contributed by atoms with Gasteiger partial charge >= 0.3 is 121 Å². The smallest absolute Gasteiger partial charge is 1.00 e. The number of aromatic nitrogens is 3. The summed E-state index contributed by atoms with van der Waals surface area (Å²) in [5.74, 6) is 0.776. The summed E-state index contributed by atoms with van der Waals surface area (Å²) < 4.78 is 9.00. The van der Waals surface area contributed by atoms with E-state index in [1.807, 2.05) is 54.6 Å². The summed E-state index contributed by atoms with van der Waals surface area (Å²) in [5.41, 5.74) is 19.9. The standard InChI is InChI=1S/C17H13Cl6N5O4.C14H12Cl3N5O2.C11H11N5.CH2O3.CH4.2K.H/c18-16(19,20)8-31-14(29)25-12-7-6-11(28-27-10-4-2-1-3-5-10)13(24-12)26-15(30)32-9-17(21,22)23;15-14(16,17)8-24-13(23)20-11-7-6-10(12(18)19-11)22-21-9-4-2-1-3-5-9;12-10-7-6-9(11(13)14-10)16-15-8-4-2-1-3-5-8;2-1-4-3;;;;/h1-7H,8-9H2,(H2,24,25,26,29,30);1-7H,8H2,(H3,18,19,20,23);1-7H,(H4,12,13,14);1,3H;1H4;;;/q;;;;;2*+1;-1/p-1. The van der Waals surface area contributed by atoms with Gasteiger partial charge in [-0.1, -0.05) is 166 Å². The number of benzene rings is 3. The van der Waals surface area contributed by atoms with Crippen LogP contribution in [-0.2, 0) is 23.9 Å². The van der Waals surface area contributed by atoms with Crippen molar-refractivity contribution in [1.29, 1.82) is 0 Å². The molecule has 3 aromatic carbocycles. The number of carbonyl (C=O) groups is 4. The second kappa shape index (κ2) is 39.8. The van der Waals surface area contributed by atoms with Crippen molar-refractivity contribution < 1.29 is 148 Å². The van der Waals surface area contributed by atoms with Crippen molar-refractivity contribution in [2.75, 3.05) is 53.0 Å². The molecule has 3 aromatic heterocycles. The molecule has 0 spiro atoms. The zero-order chi connectivity index (χ0) is 56.2. The van der Waals surface area contributed by atoms with Gasteiger partial charge in [-0.3, -0.25) is 20.7 Å². The van der Waals surface area contributed by atoms with Crippen LogP contribution in [0.25, 0.3) is 0 Å². The summed E-state index contributed by atoms with van der Waals surface area (Å²) in [4.78, 5) is 58.6. The predicted octanol–water partition coefficient (Wildman–Crippen LogP) is 8.19. The maximum Gasteiger partial charge on any atom is 1.00 e. The Balaban J connectivity index is 0. The molecule has 35 heteroatoms. The first-order valence-corrected chi connectivity index (χ1v) is 23.8. The van der Waals surface area contributed by atoms with Crippen molar-refractivity contribution in [1.82, 2.24) is 15.0 Å². The van der Waals surface area contributed by atoms with Crippen LogP contribution >= 0.6 is 104 Å². The second-order valence-electron chi connectivity index (χ2n) is 13.6. The molecule has 0 aliphatic rings. The number of nitrogen functional groups attached to an aromatic ring is 3. The quantitative estimate of drug-likeness (QED) is 0.0121. The van der Waals surface area contributed by atoms with E-state index >= 15 is 0 Å².